The van der Waals surface area contributed by atoms with Gasteiger partial charge in [-0.15, -0.1) is 0 Å². The molecule has 6 nitrogen and oxygen atoms in total. The standard InChI is InChI=1S/C21H24ClN5O/c22-17-6-3-15(4-7-17)5-8-19(28)24-12-13-27-21-18(2-1-10-25-21)20(26-27)16-9-11-23-14-16/h1-4,6-7,10,16,23H,5,8-9,11-14H2,(H,24,28). The SMILES string of the molecule is O=C(CCc1ccc(Cl)cc1)NCCn1nc(C2CCNC2)c2cccnc21. The number of pyridine rings is 1. The number of halogens is 1. The minimum Gasteiger partial charge on any atom is -0.354 e. The number of nitrogens with zero attached hydrogens (tertiary/aromatic N) is 3. The summed E-state index contributed by atoms with van der Waals surface area (Å²) in [5, 5.41) is 13.0. The van der Waals surface area contributed by atoms with Gasteiger partial charge in [0.1, 0.15) is 0 Å². The van der Waals surface area contributed by atoms with Crippen LogP contribution in [-0.2, 0) is 17.8 Å². The molecule has 28 heavy (non-hydrogen) atoms. The molecular weight excluding hydrogens is 374 g/mol. The number of hydrogen-bond acceptors (Lipinski definition) is 4. The maximum absolute atomic E-state index is 12.2. The largest absolute Gasteiger partial charge is 0.354 e. The fourth-order valence-corrected chi connectivity index (χ4v) is 3.80. The lowest BCUT2D eigenvalue weighted by molar-refractivity contribution is -0.121. The number of benzene rings is 1. The molecular formula is C21H24ClN5O. The number of nitrogens with one attached hydrogen (secondary N) is 2. The smallest absolute Gasteiger partial charge is 0.220 e. The molecule has 4 rings (SSSR count). The predicted molar refractivity (Wildman–Crippen MR) is 111 cm³/mol. The fourth-order valence-electron chi connectivity index (χ4n) is 3.68. The number of amides is 1. The van der Waals surface area contributed by atoms with Gasteiger partial charge in [-0.25, -0.2) is 9.67 Å². The monoisotopic (exact) mass is 397 g/mol. The molecule has 1 aliphatic rings. The summed E-state index contributed by atoms with van der Waals surface area (Å²) < 4.78 is 1.92. The van der Waals surface area contributed by atoms with Crippen molar-refractivity contribution in [2.45, 2.75) is 31.7 Å². The van der Waals surface area contributed by atoms with E-state index in [0.717, 1.165) is 41.8 Å². The molecule has 2 aromatic heterocycles. The molecule has 0 saturated carbocycles. The van der Waals surface area contributed by atoms with Crippen molar-refractivity contribution >= 4 is 28.5 Å². The highest BCUT2D eigenvalue weighted by molar-refractivity contribution is 6.30. The average Bonchev–Trinajstić information content (AvgIpc) is 3.36. The Bertz CT molecular complexity index is 947. The van der Waals surface area contributed by atoms with Crippen molar-refractivity contribution in [2.75, 3.05) is 19.6 Å². The molecule has 0 radical (unpaired) electrons. The van der Waals surface area contributed by atoms with Gasteiger partial charge in [0.25, 0.3) is 0 Å². The van der Waals surface area contributed by atoms with Crippen LogP contribution in [0.25, 0.3) is 11.0 Å². The number of hydrogen-bond donors (Lipinski definition) is 2. The zero-order valence-electron chi connectivity index (χ0n) is 15.7. The highest BCUT2D eigenvalue weighted by Gasteiger charge is 2.23. The maximum Gasteiger partial charge on any atom is 0.220 e. The summed E-state index contributed by atoms with van der Waals surface area (Å²) >= 11 is 5.89. The molecule has 0 aliphatic carbocycles. The maximum atomic E-state index is 12.2. The Hall–Kier alpha value is -2.44. The Morgan fingerprint density at radius 3 is 2.93 bits per heavy atom. The molecule has 0 spiro atoms. The summed E-state index contributed by atoms with van der Waals surface area (Å²) in [6.45, 7) is 3.14. The summed E-state index contributed by atoms with van der Waals surface area (Å²) in [4.78, 5) is 16.7. The van der Waals surface area contributed by atoms with E-state index in [0.29, 0.717) is 36.9 Å². The van der Waals surface area contributed by atoms with E-state index in [2.05, 4.69) is 21.7 Å². The Labute approximate surface area is 169 Å². The van der Waals surface area contributed by atoms with Crippen LogP contribution in [0, 0.1) is 0 Å². The Morgan fingerprint density at radius 1 is 1.29 bits per heavy atom. The molecule has 0 bridgehead atoms. The first-order valence-electron chi connectivity index (χ1n) is 9.74. The fraction of sp³-hybridized carbons (Fsp3) is 0.381. The molecule has 3 heterocycles. The van der Waals surface area contributed by atoms with Crippen LogP contribution in [0.1, 0.15) is 30.0 Å². The van der Waals surface area contributed by atoms with Crippen LogP contribution in [0.3, 0.4) is 0 Å². The van der Waals surface area contributed by atoms with Crippen LogP contribution in [0.2, 0.25) is 5.02 Å². The minimum atomic E-state index is 0.0413. The van der Waals surface area contributed by atoms with Crippen molar-refractivity contribution in [2.24, 2.45) is 0 Å². The number of fused-ring (bicyclic) bond motifs is 1. The van der Waals surface area contributed by atoms with Crippen LogP contribution in [-0.4, -0.2) is 40.3 Å². The van der Waals surface area contributed by atoms with Crippen LogP contribution in [0.4, 0.5) is 0 Å². The number of aromatic nitrogens is 3. The van der Waals surface area contributed by atoms with Crippen LogP contribution in [0.15, 0.2) is 42.6 Å². The van der Waals surface area contributed by atoms with Gasteiger partial charge < -0.3 is 10.6 Å². The zero-order chi connectivity index (χ0) is 19.3. The van der Waals surface area contributed by atoms with Gasteiger partial charge >= 0.3 is 0 Å². The van der Waals surface area contributed by atoms with Crippen LogP contribution >= 0.6 is 11.6 Å². The van der Waals surface area contributed by atoms with Crippen molar-refractivity contribution in [1.82, 2.24) is 25.4 Å². The van der Waals surface area contributed by atoms with E-state index in [4.69, 9.17) is 16.7 Å². The van der Waals surface area contributed by atoms with Gasteiger partial charge in [0.2, 0.25) is 5.91 Å². The van der Waals surface area contributed by atoms with Gasteiger partial charge in [-0.2, -0.15) is 5.10 Å². The van der Waals surface area contributed by atoms with E-state index in [1.807, 2.05) is 35.0 Å². The zero-order valence-corrected chi connectivity index (χ0v) is 16.5. The van der Waals surface area contributed by atoms with Gasteiger partial charge in [-0.05, 0) is 49.2 Å². The van der Waals surface area contributed by atoms with Crippen LogP contribution < -0.4 is 10.6 Å². The van der Waals surface area contributed by atoms with E-state index < -0.39 is 0 Å². The van der Waals surface area contributed by atoms with Gasteiger partial charge in [0, 0.05) is 42.0 Å². The number of aryl methyl sites for hydroxylation is 1. The molecule has 3 aromatic rings. The van der Waals surface area contributed by atoms with Gasteiger partial charge in [0.15, 0.2) is 5.65 Å². The second kappa shape index (κ2) is 8.71. The van der Waals surface area contributed by atoms with Crippen molar-refractivity contribution in [3.05, 3.63) is 58.9 Å². The van der Waals surface area contributed by atoms with Crippen molar-refractivity contribution in [3.63, 3.8) is 0 Å². The number of carbonyl (C=O) groups excluding carboxylic acids is 1. The average molecular weight is 398 g/mol. The summed E-state index contributed by atoms with van der Waals surface area (Å²) in [5.74, 6) is 0.474. The molecule has 1 amide bonds. The molecule has 2 N–H and O–H groups in total. The Kier molecular flexibility index (Phi) is 5.88. The summed E-state index contributed by atoms with van der Waals surface area (Å²) in [6, 6.07) is 11.7. The predicted octanol–water partition coefficient (Wildman–Crippen LogP) is 2.91. The third-order valence-electron chi connectivity index (χ3n) is 5.18. The van der Waals surface area contributed by atoms with Gasteiger partial charge in [-0.3, -0.25) is 4.79 Å². The molecule has 1 saturated heterocycles. The van der Waals surface area contributed by atoms with E-state index >= 15 is 0 Å². The van der Waals surface area contributed by atoms with E-state index in [1.54, 1.807) is 6.20 Å². The lowest BCUT2D eigenvalue weighted by atomic mass is 10.0. The first-order valence-corrected chi connectivity index (χ1v) is 10.1. The second-order valence-corrected chi connectivity index (χ2v) is 7.59. The summed E-state index contributed by atoms with van der Waals surface area (Å²) in [5.41, 5.74) is 3.11. The first kappa shape index (κ1) is 18.9. The summed E-state index contributed by atoms with van der Waals surface area (Å²) in [7, 11) is 0. The normalized spacial score (nSPS) is 16.5. The third kappa shape index (κ3) is 4.34. The highest BCUT2D eigenvalue weighted by Crippen LogP contribution is 2.27. The molecule has 1 fully saturated rings. The topological polar surface area (TPSA) is 71.8 Å². The van der Waals surface area contributed by atoms with Crippen molar-refractivity contribution in [3.8, 4) is 0 Å². The molecule has 1 unspecified atom stereocenters. The van der Waals surface area contributed by atoms with E-state index in [1.165, 1.54) is 0 Å². The van der Waals surface area contributed by atoms with Gasteiger partial charge in [0.05, 0.1) is 12.2 Å². The lowest BCUT2D eigenvalue weighted by Crippen LogP contribution is -2.27. The quantitative estimate of drug-likeness (QED) is 0.643. The molecule has 1 aromatic carbocycles. The van der Waals surface area contributed by atoms with E-state index in [9.17, 15) is 4.79 Å². The Morgan fingerprint density at radius 2 is 2.14 bits per heavy atom. The molecule has 7 heteroatoms. The second-order valence-electron chi connectivity index (χ2n) is 7.15. The summed E-state index contributed by atoms with van der Waals surface area (Å²) in [6.07, 6.45) is 4.05. The van der Waals surface area contributed by atoms with E-state index in [-0.39, 0.29) is 5.91 Å². The highest BCUT2D eigenvalue weighted by atomic mass is 35.5. The van der Waals surface area contributed by atoms with Crippen molar-refractivity contribution in [1.29, 1.82) is 0 Å². The van der Waals surface area contributed by atoms with Gasteiger partial charge in [-0.1, -0.05) is 23.7 Å². The molecule has 1 aliphatic heterocycles. The van der Waals surface area contributed by atoms with Crippen molar-refractivity contribution < 1.29 is 4.79 Å². The minimum absolute atomic E-state index is 0.0413. The molecule has 146 valence electrons. The first-order chi connectivity index (χ1) is 13.7. The number of rotatable bonds is 7. The lowest BCUT2D eigenvalue weighted by Gasteiger charge is -2.07. The number of carbonyl (C=O) groups is 1. The Balaban J connectivity index is 1.34. The molecule has 1 atom stereocenters. The third-order valence-corrected chi connectivity index (χ3v) is 5.43. The van der Waals surface area contributed by atoms with Crippen LogP contribution in [0.5, 0.6) is 0 Å².